The number of hydrogen-bond donors (Lipinski definition) is 3. The lowest BCUT2D eigenvalue weighted by Crippen LogP contribution is -2.36. The number of aryl methyl sites for hydroxylation is 2. The Balaban J connectivity index is 1.84. The number of rotatable bonds is 5. The second kappa shape index (κ2) is 8.70. The second-order valence-electron chi connectivity index (χ2n) is 7.13. The summed E-state index contributed by atoms with van der Waals surface area (Å²) in [7, 11) is 3.20. The Kier molecular flexibility index (Phi) is 6.25. The average Bonchev–Trinajstić information content (AvgIpc) is 3.21. The van der Waals surface area contributed by atoms with Crippen LogP contribution in [-0.2, 0) is 11.2 Å². The average molecular weight is 432 g/mol. The summed E-state index contributed by atoms with van der Waals surface area (Å²) in [6, 6.07) is 6.52. The summed E-state index contributed by atoms with van der Waals surface area (Å²) in [4.78, 5) is 13.6. The number of carbonyl (C=O) groups is 1. The minimum Gasteiger partial charge on any atom is -0.505 e. The molecule has 10 heteroatoms. The van der Waals surface area contributed by atoms with Crippen molar-refractivity contribution in [1.29, 1.82) is 0 Å². The van der Waals surface area contributed by atoms with Crippen LogP contribution in [0.1, 0.15) is 46.8 Å². The first-order chi connectivity index (χ1) is 14.2. The van der Waals surface area contributed by atoms with E-state index in [0.717, 1.165) is 17.1 Å². The lowest BCUT2D eigenvalue weighted by molar-refractivity contribution is 0.0824. The highest BCUT2D eigenvalue weighted by Crippen LogP contribution is 2.29. The molecule has 2 aromatic rings. The highest BCUT2D eigenvalue weighted by Gasteiger charge is 2.25. The van der Waals surface area contributed by atoms with Crippen molar-refractivity contribution in [1.82, 2.24) is 10.2 Å². The fraction of sp³-hybridized carbons (Fsp3) is 0.350. The largest absolute Gasteiger partial charge is 0.505 e. The lowest BCUT2D eigenvalue weighted by atomic mass is 10.1. The van der Waals surface area contributed by atoms with E-state index in [1.165, 1.54) is 11.0 Å². The molecule has 0 bridgehead atoms. The maximum Gasteiger partial charge on any atom is 0.269 e. The van der Waals surface area contributed by atoms with Gasteiger partial charge in [-0.15, -0.1) is 8.80 Å². The van der Waals surface area contributed by atoms with Crippen molar-refractivity contribution >= 4 is 34.4 Å². The highest BCUT2D eigenvalue weighted by molar-refractivity contribution is 7.83. The summed E-state index contributed by atoms with van der Waals surface area (Å²) in [6.45, 7) is 5.85. The van der Waals surface area contributed by atoms with Crippen LogP contribution in [0.5, 0.6) is 5.75 Å². The van der Waals surface area contributed by atoms with Crippen molar-refractivity contribution in [3.8, 4) is 5.75 Å². The van der Waals surface area contributed by atoms with Gasteiger partial charge in [-0.25, -0.2) is 4.21 Å². The molecule has 3 rings (SSSR count). The van der Waals surface area contributed by atoms with Gasteiger partial charge in [-0.05, 0) is 44.0 Å². The number of benzene rings is 1. The molecule has 1 unspecified atom stereocenters. The number of phenols is 1. The third kappa shape index (κ3) is 4.38. The van der Waals surface area contributed by atoms with E-state index < -0.39 is 11.2 Å². The minimum absolute atomic E-state index is 0.143. The molecule has 0 fully saturated rings. The molecule has 0 saturated heterocycles. The van der Waals surface area contributed by atoms with Crippen molar-refractivity contribution in [2.75, 3.05) is 19.4 Å². The molecule has 2 atom stereocenters. The van der Waals surface area contributed by atoms with Gasteiger partial charge in [0.25, 0.3) is 17.1 Å². The minimum atomic E-state index is -1.80. The topological polar surface area (TPSA) is 120 Å². The summed E-state index contributed by atoms with van der Waals surface area (Å²) in [5.74, 6) is 1.51. The molecule has 0 aliphatic carbocycles. The van der Waals surface area contributed by atoms with Gasteiger partial charge in [0.1, 0.15) is 11.5 Å². The maximum atomic E-state index is 12.3. The van der Waals surface area contributed by atoms with E-state index in [-0.39, 0.29) is 40.6 Å². The van der Waals surface area contributed by atoms with E-state index in [0.29, 0.717) is 6.42 Å². The summed E-state index contributed by atoms with van der Waals surface area (Å²) in [5, 5.41) is 16.7. The van der Waals surface area contributed by atoms with E-state index in [1.807, 2.05) is 26.8 Å². The Morgan fingerprint density at radius 2 is 1.97 bits per heavy atom. The van der Waals surface area contributed by atoms with Crippen LogP contribution in [0.15, 0.2) is 37.5 Å². The van der Waals surface area contributed by atoms with Crippen LogP contribution in [0, 0.1) is 13.8 Å². The monoisotopic (exact) mass is 431 g/mol. The molecule has 160 valence electrons. The number of nitrogens with zero attached hydrogens (tertiary/aromatic N) is 3. The third-order valence-electron chi connectivity index (χ3n) is 4.74. The Labute approximate surface area is 177 Å². The molecule has 0 saturated carbocycles. The van der Waals surface area contributed by atoms with Crippen LogP contribution in [0.4, 0.5) is 5.69 Å². The van der Waals surface area contributed by atoms with Crippen LogP contribution in [0.25, 0.3) is 0 Å². The molecular weight excluding hydrogens is 406 g/mol. The number of anilines is 1. The molecule has 1 aromatic heterocycles. The van der Waals surface area contributed by atoms with Gasteiger partial charge in [0.15, 0.2) is 17.4 Å². The SMILES string of the molecule is CC[C@@H](NC1=NS(=O)N=C1Nc1cccc(C(=O)N(C)C)c1O)c1cc(C)c(C)o1. The first-order valence-corrected chi connectivity index (χ1v) is 10.5. The van der Waals surface area contributed by atoms with Gasteiger partial charge < -0.3 is 25.1 Å². The smallest absolute Gasteiger partial charge is 0.269 e. The number of para-hydroxylation sites is 1. The first kappa shape index (κ1) is 21.6. The quantitative estimate of drug-likeness (QED) is 0.626. The predicted octanol–water partition coefficient (Wildman–Crippen LogP) is 2.85. The van der Waals surface area contributed by atoms with Gasteiger partial charge in [-0.3, -0.25) is 4.79 Å². The molecular formula is C20H25N5O4S. The molecule has 2 heterocycles. The molecule has 3 N–H and O–H groups in total. The number of carbonyl (C=O) groups excluding carboxylic acids is 1. The Morgan fingerprint density at radius 3 is 2.57 bits per heavy atom. The van der Waals surface area contributed by atoms with Gasteiger partial charge in [0, 0.05) is 14.1 Å². The fourth-order valence-corrected chi connectivity index (χ4v) is 3.56. The molecule has 1 aromatic carbocycles. The number of amidine groups is 2. The van der Waals surface area contributed by atoms with Crippen LogP contribution < -0.4 is 10.6 Å². The Hall–Kier alpha value is -3.14. The van der Waals surface area contributed by atoms with E-state index in [2.05, 4.69) is 19.4 Å². The van der Waals surface area contributed by atoms with Crippen molar-refractivity contribution in [3.63, 3.8) is 0 Å². The second-order valence-corrected chi connectivity index (χ2v) is 7.96. The van der Waals surface area contributed by atoms with Crippen molar-refractivity contribution in [2.45, 2.75) is 33.2 Å². The first-order valence-electron chi connectivity index (χ1n) is 9.45. The van der Waals surface area contributed by atoms with Crippen LogP contribution in [-0.4, -0.2) is 45.9 Å². The number of furan rings is 1. The number of hydrogen-bond acceptors (Lipinski definition) is 6. The van der Waals surface area contributed by atoms with Gasteiger partial charge >= 0.3 is 0 Å². The molecule has 1 amide bonds. The zero-order chi connectivity index (χ0) is 22.0. The Morgan fingerprint density at radius 1 is 1.27 bits per heavy atom. The summed E-state index contributed by atoms with van der Waals surface area (Å²) < 4.78 is 25.8. The van der Waals surface area contributed by atoms with Gasteiger partial charge in [-0.2, -0.15) is 0 Å². The van der Waals surface area contributed by atoms with Crippen molar-refractivity contribution in [3.05, 3.63) is 46.9 Å². The number of aromatic hydroxyl groups is 1. The summed E-state index contributed by atoms with van der Waals surface area (Å²) in [5.41, 5.74) is 1.44. The van der Waals surface area contributed by atoms with Crippen molar-refractivity contribution < 1.29 is 18.5 Å². The molecule has 1 aliphatic rings. The third-order valence-corrected chi connectivity index (χ3v) is 5.41. The predicted molar refractivity (Wildman–Crippen MR) is 117 cm³/mol. The summed E-state index contributed by atoms with van der Waals surface area (Å²) in [6.07, 6.45) is 0.698. The lowest BCUT2D eigenvalue weighted by Gasteiger charge is -2.18. The van der Waals surface area contributed by atoms with E-state index in [9.17, 15) is 14.1 Å². The molecule has 1 aliphatic heterocycles. The summed E-state index contributed by atoms with van der Waals surface area (Å²) >= 11 is -1.80. The van der Waals surface area contributed by atoms with Crippen molar-refractivity contribution in [2.24, 2.45) is 8.80 Å². The normalized spacial score (nSPS) is 16.6. The zero-order valence-corrected chi connectivity index (χ0v) is 18.3. The molecule has 9 nitrogen and oxygen atoms in total. The number of amides is 1. The molecule has 0 spiro atoms. The molecule has 0 radical (unpaired) electrons. The van der Waals surface area contributed by atoms with Gasteiger partial charge in [-0.1, -0.05) is 13.0 Å². The fourth-order valence-electron chi connectivity index (χ4n) is 2.94. The van der Waals surface area contributed by atoms with E-state index in [4.69, 9.17) is 4.42 Å². The Bertz CT molecular complexity index is 1040. The maximum absolute atomic E-state index is 12.3. The standard InChI is InChI=1S/C20H25N5O4S/c1-6-14(16-10-11(2)12(3)29-16)21-18-19(24-30(28)23-18)22-15-9-7-8-13(17(15)26)20(27)25(4)5/h7-10,14,26H,6H2,1-5H3,(H,21,23)(H,22,24)/t14-,30?/m1/s1. The van der Waals surface area contributed by atoms with Crippen LogP contribution in [0.3, 0.4) is 0 Å². The zero-order valence-electron chi connectivity index (χ0n) is 17.5. The van der Waals surface area contributed by atoms with Crippen LogP contribution >= 0.6 is 0 Å². The van der Waals surface area contributed by atoms with E-state index >= 15 is 0 Å². The number of phenolic OH excluding ortho intramolecular Hbond substituents is 1. The van der Waals surface area contributed by atoms with Gasteiger partial charge in [0.2, 0.25) is 0 Å². The van der Waals surface area contributed by atoms with Gasteiger partial charge in [0.05, 0.1) is 17.3 Å². The number of nitrogens with one attached hydrogen (secondary N) is 2. The van der Waals surface area contributed by atoms with Crippen LogP contribution in [0.2, 0.25) is 0 Å². The highest BCUT2D eigenvalue weighted by atomic mass is 32.2. The molecule has 30 heavy (non-hydrogen) atoms. The van der Waals surface area contributed by atoms with E-state index in [1.54, 1.807) is 26.2 Å².